The lowest BCUT2D eigenvalue weighted by molar-refractivity contribution is 0.540. The highest BCUT2D eigenvalue weighted by molar-refractivity contribution is 7.89. The maximum Gasteiger partial charge on any atom is 0.242 e. The summed E-state index contributed by atoms with van der Waals surface area (Å²) in [5, 5.41) is 3.23. The van der Waals surface area contributed by atoms with Crippen LogP contribution >= 0.6 is 0 Å². The van der Waals surface area contributed by atoms with Gasteiger partial charge >= 0.3 is 0 Å². The second-order valence-electron chi connectivity index (χ2n) is 5.47. The smallest absolute Gasteiger partial charge is 0.242 e. The average Bonchev–Trinajstić information content (AvgIpc) is 2.84. The minimum atomic E-state index is -3.38. The van der Waals surface area contributed by atoms with Crippen molar-refractivity contribution < 1.29 is 8.42 Å². The van der Waals surface area contributed by atoms with Crippen LogP contribution in [-0.2, 0) is 16.6 Å². The molecule has 0 spiro atoms. The number of aromatic amines is 1. The highest BCUT2D eigenvalue weighted by Gasteiger charge is 2.15. The fourth-order valence-corrected chi connectivity index (χ4v) is 2.97. The molecule has 6 heteroatoms. The molecule has 0 radical (unpaired) electrons. The topological polar surface area (TPSA) is 74.0 Å². The first-order chi connectivity index (χ1) is 9.45. The van der Waals surface area contributed by atoms with Gasteiger partial charge in [0.1, 0.15) is 0 Å². The molecule has 0 fully saturated rings. The second-order valence-corrected chi connectivity index (χ2v) is 7.24. The molecule has 0 aliphatic carbocycles. The van der Waals surface area contributed by atoms with Gasteiger partial charge in [0.25, 0.3) is 0 Å². The van der Waals surface area contributed by atoms with E-state index in [2.05, 4.69) is 35.8 Å². The van der Waals surface area contributed by atoms with Gasteiger partial charge < -0.3 is 10.3 Å². The summed E-state index contributed by atoms with van der Waals surface area (Å²) in [5.41, 5.74) is 0.890. The molecule has 0 saturated heterocycles. The van der Waals surface area contributed by atoms with Crippen molar-refractivity contribution in [3.05, 3.63) is 18.0 Å². The summed E-state index contributed by atoms with van der Waals surface area (Å²) in [4.78, 5) is 3.31. The van der Waals surface area contributed by atoms with Gasteiger partial charge in [0.05, 0.1) is 4.90 Å². The maximum atomic E-state index is 12.1. The lowest BCUT2D eigenvalue weighted by atomic mass is 10.1. The molecule has 0 aliphatic heterocycles. The Kier molecular flexibility index (Phi) is 7.26. The van der Waals surface area contributed by atoms with Crippen molar-refractivity contribution in [2.24, 2.45) is 5.92 Å². The van der Waals surface area contributed by atoms with E-state index in [-0.39, 0.29) is 0 Å². The lowest BCUT2D eigenvalue weighted by Gasteiger charge is -2.06. The summed E-state index contributed by atoms with van der Waals surface area (Å²) < 4.78 is 26.8. The fraction of sp³-hybridized carbons (Fsp3) is 0.714. The zero-order valence-corrected chi connectivity index (χ0v) is 13.5. The van der Waals surface area contributed by atoms with Crippen LogP contribution in [0.25, 0.3) is 0 Å². The van der Waals surface area contributed by atoms with Crippen LogP contribution < -0.4 is 10.0 Å². The quantitative estimate of drug-likeness (QED) is 0.580. The number of rotatable bonds is 10. The summed E-state index contributed by atoms with van der Waals surface area (Å²) in [5.74, 6) is 0.600. The normalized spacial score (nSPS) is 12.2. The number of sulfonamides is 1. The van der Waals surface area contributed by atoms with Crippen molar-refractivity contribution in [3.63, 3.8) is 0 Å². The van der Waals surface area contributed by atoms with Gasteiger partial charge in [0, 0.05) is 25.0 Å². The van der Waals surface area contributed by atoms with E-state index in [9.17, 15) is 8.42 Å². The largest absolute Gasteiger partial charge is 0.363 e. The van der Waals surface area contributed by atoms with Gasteiger partial charge in [-0.15, -0.1) is 0 Å². The number of aromatic nitrogens is 1. The monoisotopic (exact) mass is 301 g/mol. The standard InChI is InChI=1S/C14H27N3O2S/c1-4-7-15-10-13-9-14(11-16-13)20(18,19)17-8-5-6-12(2)3/h9,11-12,15-17H,4-8,10H2,1-3H3. The summed E-state index contributed by atoms with van der Waals surface area (Å²) in [6.45, 7) is 8.45. The van der Waals surface area contributed by atoms with Crippen LogP contribution in [0, 0.1) is 5.92 Å². The molecule has 1 aromatic rings. The summed E-state index contributed by atoms with van der Waals surface area (Å²) in [7, 11) is -3.38. The number of hydrogen-bond donors (Lipinski definition) is 3. The first-order valence-electron chi connectivity index (χ1n) is 7.33. The van der Waals surface area contributed by atoms with Crippen LogP contribution in [0.3, 0.4) is 0 Å². The van der Waals surface area contributed by atoms with Gasteiger partial charge in [-0.25, -0.2) is 13.1 Å². The van der Waals surface area contributed by atoms with E-state index in [1.807, 2.05) is 0 Å². The Balaban J connectivity index is 2.46. The Morgan fingerprint density at radius 3 is 2.70 bits per heavy atom. The first-order valence-corrected chi connectivity index (χ1v) is 8.81. The molecule has 3 N–H and O–H groups in total. The molecular formula is C14H27N3O2S. The van der Waals surface area contributed by atoms with Crippen LogP contribution in [0.15, 0.2) is 17.2 Å². The maximum absolute atomic E-state index is 12.1. The molecule has 0 unspecified atom stereocenters. The van der Waals surface area contributed by atoms with E-state index in [1.54, 1.807) is 12.3 Å². The van der Waals surface area contributed by atoms with E-state index in [0.29, 0.717) is 23.9 Å². The molecule has 1 rings (SSSR count). The van der Waals surface area contributed by atoms with Crippen molar-refractivity contribution in [2.45, 2.75) is 51.5 Å². The minimum absolute atomic E-state index is 0.315. The molecule has 0 bridgehead atoms. The average molecular weight is 301 g/mol. The molecule has 116 valence electrons. The Hall–Kier alpha value is -0.850. The predicted octanol–water partition coefficient (Wildman–Crippen LogP) is 2.23. The van der Waals surface area contributed by atoms with Gasteiger partial charge in [-0.2, -0.15) is 0 Å². The summed E-state index contributed by atoms with van der Waals surface area (Å²) in [6, 6.07) is 1.69. The molecule has 0 aromatic carbocycles. The third-order valence-electron chi connectivity index (χ3n) is 3.02. The molecule has 1 aromatic heterocycles. The van der Waals surface area contributed by atoms with Crippen molar-refractivity contribution in [3.8, 4) is 0 Å². The van der Waals surface area contributed by atoms with E-state index >= 15 is 0 Å². The van der Waals surface area contributed by atoms with Gasteiger partial charge in [0.2, 0.25) is 10.0 Å². The van der Waals surface area contributed by atoms with Crippen molar-refractivity contribution in [1.82, 2.24) is 15.0 Å². The van der Waals surface area contributed by atoms with Crippen molar-refractivity contribution in [1.29, 1.82) is 0 Å². The molecule has 5 nitrogen and oxygen atoms in total. The second kappa shape index (κ2) is 8.44. The number of H-pyrrole nitrogens is 1. The third-order valence-corrected chi connectivity index (χ3v) is 4.46. The molecule has 0 atom stereocenters. The number of nitrogens with one attached hydrogen (secondary N) is 3. The molecule has 0 aliphatic rings. The molecule has 1 heterocycles. The van der Waals surface area contributed by atoms with Crippen LogP contribution in [0.4, 0.5) is 0 Å². The lowest BCUT2D eigenvalue weighted by Crippen LogP contribution is -2.24. The Labute approximate surface area is 122 Å². The molecule has 20 heavy (non-hydrogen) atoms. The van der Waals surface area contributed by atoms with Crippen molar-refractivity contribution in [2.75, 3.05) is 13.1 Å². The van der Waals surface area contributed by atoms with Gasteiger partial charge in [-0.05, 0) is 37.8 Å². The highest BCUT2D eigenvalue weighted by Crippen LogP contribution is 2.11. The minimum Gasteiger partial charge on any atom is -0.363 e. The summed E-state index contributed by atoms with van der Waals surface area (Å²) >= 11 is 0. The van der Waals surface area contributed by atoms with E-state index in [1.165, 1.54) is 0 Å². The van der Waals surface area contributed by atoms with E-state index in [4.69, 9.17) is 0 Å². The molecule has 0 amide bonds. The van der Waals surface area contributed by atoms with Gasteiger partial charge in [-0.3, -0.25) is 0 Å². The fourth-order valence-electron chi connectivity index (χ4n) is 1.88. The SMILES string of the molecule is CCCNCc1cc(S(=O)(=O)NCCCC(C)C)c[nH]1. The molecule has 0 saturated carbocycles. The zero-order valence-electron chi connectivity index (χ0n) is 12.7. The third kappa shape index (κ3) is 6.07. The predicted molar refractivity (Wildman–Crippen MR) is 82.1 cm³/mol. The van der Waals surface area contributed by atoms with Gasteiger partial charge in [-0.1, -0.05) is 20.8 Å². The first kappa shape index (κ1) is 17.2. The Bertz CT molecular complexity index is 480. The summed E-state index contributed by atoms with van der Waals surface area (Å²) in [6.07, 6.45) is 4.51. The van der Waals surface area contributed by atoms with Crippen LogP contribution in [0.5, 0.6) is 0 Å². The highest BCUT2D eigenvalue weighted by atomic mass is 32.2. The Morgan fingerprint density at radius 2 is 2.05 bits per heavy atom. The van der Waals surface area contributed by atoms with Crippen LogP contribution in [0.2, 0.25) is 0 Å². The number of hydrogen-bond acceptors (Lipinski definition) is 3. The van der Waals surface area contributed by atoms with Gasteiger partial charge in [0.15, 0.2) is 0 Å². The van der Waals surface area contributed by atoms with Crippen molar-refractivity contribution >= 4 is 10.0 Å². The van der Waals surface area contributed by atoms with Crippen LogP contribution in [-0.4, -0.2) is 26.5 Å². The van der Waals surface area contributed by atoms with E-state index in [0.717, 1.165) is 31.5 Å². The van der Waals surface area contributed by atoms with Crippen LogP contribution in [0.1, 0.15) is 45.7 Å². The Morgan fingerprint density at radius 1 is 1.30 bits per heavy atom. The van der Waals surface area contributed by atoms with E-state index < -0.39 is 10.0 Å². The zero-order chi connectivity index (χ0) is 15.0. The molecular weight excluding hydrogens is 274 g/mol.